The minimum atomic E-state index is -0.394. The van der Waals surface area contributed by atoms with Crippen molar-refractivity contribution < 1.29 is 4.79 Å². The Morgan fingerprint density at radius 3 is 2.54 bits per heavy atom. The Hall–Kier alpha value is -1.85. The number of benzene rings is 1. The lowest BCUT2D eigenvalue weighted by Crippen LogP contribution is -2.45. The first-order chi connectivity index (χ1) is 12.5. The molecule has 1 saturated carbocycles. The monoisotopic (exact) mass is 374 g/mol. The molecule has 2 aromatic rings. The number of aromatic nitrogens is 2. The second-order valence-electron chi connectivity index (χ2n) is 7.23. The minimum Gasteiger partial charge on any atom is -0.354 e. The molecule has 1 fully saturated rings. The Bertz CT molecular complexity index is 735. The minimum absolute atomic E-state index is 0.00821. The molecule has 1 heterocycles. The summed E-state index contributed by atoms with van der Waals surface area (Å²) in [4.78, 5) is 12.8. The zero-order chi connectivity index (χ0) is 18.6. The van der Waals surface area contributed by atoms with Gasteiger partial charge in [0.2, 0.25) is 5.91 Å². The predicted molar refractivity (Wildman–Crippen MR) is 104 cm³/mol. The van der Waals surface area contributed by atoms with Gasteiger partial charge < -0.3 is 10.6 Å². The molecular weight excluding hydrogens is 348 g/mol. The van der Waals surface area contributed by atoms with E-state index in [1.807, 2.05) is 25.4 Å². The van der Waals surface area contributed by atoms with Crippen LogP contribution in [0, 0.1) is 0 Å². The van der Waals surface area contributed by atoms with Crippen molar-refractivity contribution in [2.24, 2.45) is 7.05 Å². The lowest BCUT2D eigenvalue weighted by atomic mass is 9.69. The third kappa shape index (κ3) is 4.10. The number of nitrogens with one attached hydrogen (secondary N) is 2. The van der Waals surface area contributed by atoms with Gasteiger partial charge >= 0.3 is 0 Å². The summed E-state index contributed by atoms with van der Waals surface area (Å²) in [6, 6.07) is 7.71. The fourth-order valence-electron chi connectivity index (χ4n) is 4.00. The molecule has 1 unspecified atom stereocenters. The molecule has 0 spiro atoms. The first-order valence-electron chi connectivity index (χ1n) is 9.24. The maximum Gasteiger partial charge on any atom is 0.241 e. The standard InChI is InChI=1S/C20H27ClN4O/c1-22-18(15-12-24-25(2)13-15)19(26)23-14-20(10-4-3-5-11-20)16-6-8-17(21)9-7-16/h6-9,12-13,18,22H,3-5,10-11,14H2,1-2H3,(H,23,26). The number of carbonyl (C=O) groups is 1. The number of rotatable bonds is 6. The first-order valence-corrected chi connectivity index (χ1v) is 9.61. The Kier molecular flexibility index (Phi) is 5.99. The maximum absolute atomic E-state index is 12.8. The summed E-state index contributed by atoms with van der Waals surface area (Å²) in [7, 11) is 3.65. The van der Waals surface area contributed by atoms with E-state index in [9.17, 15) is 4.79 Å². The Morgan fingerprint density at radius 1 is 1.27 bits per heavy atom. The summed E-state index contributed by atoms with van der Waals surface area (Å²) >= 11 is 6.07. The third-order valence-electron chi connectivity index (χ3n) is 5.48. The van der Waals surface area contributed by atoms with Crippen LogP contribution in [-0.4, -0.2) is 29.3 Å². The van der Waals surface area contributed by atoms with Crippen molar-refractivity contribution in [2.45, 2.75) is 43.6 Å². The van der Waals surface area contributed by atoms with Crippen LogP contribution in [0.5, 0.6) is 0 Å². The molecule has 0 aliphatic heterocycles. The van der Waals surface area contributed by atoms with Crippen LogP contribution in [0.2, 0.25) is 5.02 Å². The number of nitrogens with zero attached hydrogens (tertiary/aromatic N) is 2. The van der Waals surface area contributed by atoms with Crippen molar-refractivity contribution in [2.75, 3.05) is 13.6 Å². The van der Waals surface area contributed by atoms with E-state index >= 15 is 0 Å². The van der Waals surface area contributed by atoms with Gasteiger partial charge in [-0.1, -0.05) is 43.0 Å². The first kappa shape index (κ1) is 18.9. The molecule has 1 atom stereocenters. The van der Waals surface area contributed by atoms with E-state index in [0.717, 1.165) is 23.4 Å². The van der Waals surface area contributed by atoms with E-state index in [1.54, 1.807) is 17.9 Å². The molecule has 140 valence electrons. The van der Waals surface area contributed by atoms with Crippen molar-refractivity contribution >= 4 is 17.5 Å². The van der Waals surface area contributed by atoms with Crippen LogP contribution in [0.25, 0.3) is 0 Å². The highest BCUT2D eigenvalue weighted by Crippen LogP contribution is 2.39. The number of aryl methyl sites for hydroxylation is 1. The zero-order valence-electron chi connectivity index (χ0n) is 15.5. The highest BCUT2D eigenvalue weighted by molar-refractivity contribution is 6.30. The van der Waals surface area contributed by atoms with Crippen LogP contribution in [-0.2, 0) is 17.3 Å². The average molecular weight is 375 g/mol. The Balaban J connectivity index is 1.75. The molecule has 1 amide bonds. The zero-order valence-corrected chi connectivity index (χ0v) is 16.2. The predicted octanol–water partition coefficient (Wildman–Crippen LogP) is 3.35. The summed E-state index contributed by atoms with van der Waals surface area (Å²) in [5.74, 6) is -0.0144. The van der Waals surface area contributed by atoms with Crippen LogP contribution in [0.4, 0.5) is 0 Å². The lowest BCUT2D eigenvalue weighted by Gasteiger charge is -2.38. The van der Waals surface area contributed by atoms with Gasteiger partial charge in [-0.2, -0.15) is 5.10 Å². The molecular formula is C20H27ClN4O. The second-order valence-corrected chi connectivity index (χ2v) is 7.67. The summed E-state index contributed by atoms with van der Waals surface area (Å²) in [6.45, 7) is 0.645. The van der Waals surface area contributed by atoms with Crippen molar-refractivity contribution in [3.05, 3.63) is 52.8 Å². The largest absolute Gasteiger partial charge is 0.354 e. The molecule has 1 aromatic carbocycles. The van der Waals surface area contributed by atoms with Crippen molar-refractivity contribution in [1.82, 2.24) is 20.4 Å². The number of hydrogen-bond acceptors (Lipinski definition) is 3. The summed E-state index contributed by atoms with van der Waals surface area (Å²) in [6.07, 6.45) is 9.43. The quantitative estimate of drug-likeness (QED) is 0.815. The molecule has 0 bridgehead atoms. The van der Waals surface area contributed by atoms with Crippen LogP contribution >= 0.6 is 11.6 Å². The SMILES string of the molecule is CNC(C(=O)NCC1(c2ccc(Cl)cc2)CCCCC1)c1cnn(C)c1. The van der Waals surface area contributed by atoms with Crippen molar-refractivity contribution in [1.29, 1.82) is 0 Å². The summed E-state index contributed by atoms with van der Waals surface area (Å²) < 4.78 is 1.71. The van der Waals surface area contributed by atoms with E-state index < -0.39 is 6.04 Å². The van der Waals surface area contributed by atoms with Gasteiger partial charge in [-0.05, 0) is 37.6 Å². The van der Waals surface area contributed by atoms with E-state index in [1.165, 1.54) is 24.8 Å². The van der Waals surface area contributed by atoms with Crippen molar-refractivity contribution in [3.8, 4) is 0 Å². The van der Waals surface area contributed by atoms with Crippen LogP contribution < -0.4 is 10.6 Å². The Labute approximate surface area is 160 Å². The van der Waals surface area contributed by atoms with E-state index in [4.69, 9.17) is 11.6 Å². The summed E-state index contributed by atoms with van der Waals surface area (Å²) in [5, 5.41) is 11.2. The fraction of sp³-hybridized carbons (Fsp3) is 0.500. The molecule has 6 heteroatoms. The molecule has 0 saturated heterocycles. The highest BCUT2D eigenvalue weighted by Gasteiger charge is 2.35. The number of likely N-dealkylation sites (N-methyl/N-ethyl adjacent to an activating group) is 1. The third-order valence-corrected chi connectivity index (χ3v) is 5.73. The van der Waals surface area contributed by atoms with Crippen LogP contribution in [0.15, 0.2) is 36.7 Å². The second kappa shape index (κ2) is 8.23. The number of amides is 1. The molecule has 5 nitrogen and oxygen atoms in total. The highest BCUT2D eigenvalue weighted by atomic mass is 35.5. The molecule has 1 aliphatic carbocycles. The number of hydrogen-bond donors (Lipinski definition) is 2. The normalized spacial score (nSPS) is 17.7. The van der Waals surface area contributed by atoms with E-state index in [-0.39, 0.29) is 11.3 Å². The average Bonchev–Trinajstić information content (AvgIpc) is 3.08. The summed E-state index contributed by atoms with van der Waals surface area (Å²) in [5.41, 5.74) is 2.13. The van der Waals surface area contributed by atoms with Gasteiger partial charge in [-0.15, -0.1) is 0 Å². The van der Waals surface area contributed by atoms with Gasteiger partial charge in [-0.3, -0.25) is 9.48 Å². The number of halogens is 1. The van der Waals surface area contributed by atoms with Crippen molar-refractivity contribution in [3.63, 3.8) is 0 Å². The van der Waals surface area contributed by atoms with E-state index in [2.05, 4.69) is 27.9 Å². The maximum atomic E-state index is 12.8. The van der Waals surface area contributed by atoms with Crippen LogP contribution in [0.3, 0.4) is 0 Å². The fourth-order valence-corrected chi connectivity index (χ4v) is 4.12. The smallest absolute Gasteiger partial charge is 0.241 e. The Morgan fingerprint density at radius 2 is 1.96 bits per heavy atom. The van der Waals surface area contributed by atoms with Crippen LogP contribution in [0.1, 0.15) is 49.3 Å². The molecule has 2 N–H and O–H groups in total. The van der Waals surface area contributed by atoms with Gasteiger partial charge in [-0.25, -0.2) is 0 Å². The van der Waals surface area contributed by atoms with E-state index in [0.29, 0.717) is 6.54 Å². The van der Waals surface area contributed by atoms with Gasteiger partial charge in [0.25, 0.3) is 0 Å². The van der Waals surface area contributed by atoms with Gasteiger partial charge in [0.1, 0.15) is 6.04 Å². The van der Waals surface area contributed by atoms with Gasteiger partial charge in [0, 0.05) is 35.8 Å². The lowest BCUT2D eigenvalue weighted by molar-refractivity contribution is -0.123. The van der Waals surface area contributed by atoms with Gasteiger partial charge in [0.05, 0.1) is 6.20 Å². The molecule has 1 aromatic heterocycles. The number of carbonyl (C=O) groups excluding carboxylic acids is 1. The molecule has 1 aliphatic rings. The van der Waals surface area contributed by atoms with Gasteiger partial charge in [0.15, 0.2) is 0 Å². The topological polar surface area (TPSA) is 59.0 Å². The molecule has 3 rings (SSSR count). The molecule has 0 radical (unpaired) electrons. The molecule has 26 heavy (non-hydrogen) atoms.